The molecule has 14 heteroatoms. The smallest absolute Gasteiger partial charge is 0.426 e. The molecule has 2 aliphatic carbocycles. The quantitative estimate of drug-likeness (QED) is 0.247. The summed E-state index contributed by atoms with van der Waals surface area (Å²) in [5, 5.41) is 9.12. The van der Waals surface area contributed by atoms with Crippen LogP contribution in [0.3, 0.4) is 0 Å². The van der Waals surface area contributed by atoms with E-state index in [1.807, 2.05) is 13.8 Å². The third-order valence-electron chi connectivity index (χ3n) is 7.40. The lowest BCUT2D eigenvalue weighted by molar-refractivity contribution is -0.373. The van der Waals surface area contributed by atoms with Gasteiger partial charge in [-0.15, -0.1) is 0 Å². The lowest BCUT2D eigenvalue weighted by atomic mass is 9.79. The molecule has 2 aliphatic rings. The van der Waals surface area contributed by atoms with Gasteiger partial charge in [0.1, 0.15) is 0 Å². The van der Waals surface area contributed by atoms with E-state index in [4.69, 9.17) is 5.11 Å². The number of alkyl halides is 9. The Hall–Kier alpha value is -1.73. The zero-order chi connectivity index (χ0) is 31.0. The SMILES string of the molecule is CCC(C)(C)C(=O)OCC(F)(F)F.CCC(C)C(=O)OC.OC(CC1CC2CCC1C2)(C(F)(F)F)C(F)(F)F. The first-order valence-electron chi connectivity index (χ1n) is 12.6. The van der Waals surface area contributed by atoms with Crippen LogP contribution in [0.5, 0.6) is 0 Å². The number of ether oxygens (including phenoxy) is 2. The molecule has 0 radical (unpaired) electrons. The third-order valence-corrected chi connectivity index (χ3v) is 7.40. The van der Waals surface area contributed by atoms with E-state index in [2.05, 4.69) is 9.47 Å². The molecule has 1 N–H and O–H groups in total. The highest BCUT2D eigenvalue weighted by molar-refractivity contribution is 5.75. The summed E-state index contributed by atoms with van der Waals surface area (Å²) < 4.78 is 119. The third kappa shape index (κ3) is 11.3. The molecule has 2 saturated carbocycles. The Balaban J connectivity index is 0.000000605. The van der Waals surface area contributed by atoms with Crippen molar-refractivity contribution in [3.63, 3.8) is 0 Å². The summed E-state index contributed by atoms with van der Waals surface area (Å²) in [7, 11) is 1.41. The second-order valence-electron chi connectivity index (χ2n) is 10.8. The van der Waals surface area contributed by atoms with E-state index in [0.717, 1.165) is 12.8 Å². The number of carbonyl (C=O) groups excluding carboxylic acids is 2. The van der Waals surface area contributed by atoms with Crippen molar-refractivity contribution in [2.75, 3.05) is 13.7 Å². The summed E-state index contributed by atoms with van der Waals surface area (Å²) in [6, 6.07) is 0. The molecule has 0 aromatic rings. The van der Waals surface area contributed by atoms with E-state index in [-0.39, 0.29) is 23.7 Å². The fourth-order valence-electron chi connectivity index (χ4n) is 4.25. The number of esters is 2. The van der Waals surface area contributed by atoms with Crippen molar-refractivity contribution in [2.45, 2.75) is 104 Å². The van der Waals surface area contributed by atoms with Gasteiger partial charge in [-0.25, -0.2) is 0 Å². The summed E-state index contributed by atoms with van der Waals surface area (Å²) in [4.78, 5) is 21.5. The first kappa shape index (κ1) is 37.3. The van der Waals surface area contributed by atoms with Crippen molar-refractivity contribution < 1.29 is 63.7 Å². The van der Waals surface area contributed by atoms with Gasteiger partial charge in [0.25, 0.3) is 5.60 Å². The lowest BCUT2D eigenvalue weighted by Gasteiger charge is -2.36. The van der Waals surface area contributed by atoms with Crippen molar-refractivity contribution in [3.05, 3.63) is 0 Å². The summed E-state index contributed by atoms with van der Waals surface area (Å²) in [5.41, 5.74) is -5.40. The molecule has 2 bridgehead atoms. The van der Waals surface area contributed by atoms with Gasteiger partial charge in [-0.05, 0) is 70.1 Å². The van der Waals surface area contributed by atoms with Gasteiger partial charge in [-0.1, -0.05) is 27.2 Å². The predicted octanol–water partition coefficient (Wildman–Crippen LogP) is 7.40. The molecule has 5 nitrogen and oxygen atoms in total. The molecule has 0 spiro atoms. The molecule has 2 fully saturated rings. The van der Waals surface area contributed by atoms with E-state index >= 15 is 0 Å². The molecule has 4 atom stereocenters. The fraction of sp³-hybridized carbons (Fsp3) is 0.920. The Bertz CT molecular complexity index is 761. The molecule has 0 aliphatic heterocycles. The predicted molar refractivity (Wildman–Crippen MR) is 123 cm³/mol. The Labute approximate surface area is 222 Å². The maximum Gasteiger partial charge on any atom is 0.426 e. The van der Waals surface area contributed by atoms with E-state index in [0.29, 0.717) is 25.7 Å². The summed E-state index contributed by atoms with van der Waals surface area (Å²) >= 11 is 0. The Morgan fingerprint density at radius 3 is 1.72 bits per heavy atom. The Morgan fingerprint density at radius 1 is 0.923 bits per heavy atom. The second-order valence-corrected chi connectivity index (χ2v) is 10.8. The van der Waals surface area contributed by atoms with Crippen molar-refractivity contribution in [2.24, 2.45) is 29.1 Å². The fourth-order valence-corrected chi connectivity index (χ4v) is 4.25. The standard InChI is InChI=1S/C11H14F6O.C8H13F3O2.C6H12O2/c12-10(13,14)9(18,11(15,16)17)5-8-4-6-1-2-7(8)3-6;1-4-7(2,3)6(12)13-5-8(9,10)11;1-4-5(2)6(7)8-3/h6-8,18H,1-5H2;4-5H2,1-3H3;5H,4H2,1-3H3. The maximum absolute atomic E-state index is 12.5. The summed E-state index contributed by atoms with van der Waals surface area (Å²) in [6.07, 6.45) is -13.1. The minimum atomic E-state index is -5.67. The molecule has 39 heavy (non-hydrogen) atoms. The first-order chi connectivity index (χ1) is 17.5. The number of hydrogen-bond acceptors (Lipinski definition) is 5. The monoisotopic (exact) mass is 590 g/mol. The van der Waals surface area contributed by atoms with Crippen molar-refractivity contribution in [1.82, 2.24) is 0 Å². The summed E-state index contributed by atoms with van der Waals surface area (Å²) in [6.45, 7) is 7.12. The van der Waals surface area contributed by atoms with Crippen LogP contribution < -0.4 is 0 Å². The normalized spacial score (nSPS) is 22.2. The van der Waals surface area contributed by atoms with Gasteiger partial charge in [-0.3, -0.25) is 9.59 Å². The number of carbonyl (C=O) groups is 2. The zero-order valence-electron chi connectivity index (χ0n) is 22.9. The molecule has 232 valence electrons. The maximum atomic E-state index is 12.5. The van der Waals surface area contributed by atoms with Gasteiger partial charge in [0, 0.05) is 0 Å². The Morgan fingerprint density at radius 2 is 1.44 bits per heavy atom. The minimum absolute atomic E-state index is 0.0556. The second kappa shape index (κ2) is 14.2. The lowest BCUT2D eigenvalue weighted by Crippen LogP contribution is -2.58. The molecule has 0 aromatic carbocycles. The van der Waals surface area contributed by atoms with E-state index in [1.165, 1.54) is 7.11 Å². The van der Waals surface area contributed by atoms with Gasteiger partial charge < -0.3 is 14.6 Å². The minimum Gasteiger partial charge on any atom is -0.469 e. The van der Waals surface area contributed by atoms with Crippen LogP contribution in [-0.4, -0.2) is 54.9 Å². The zero-order valence-corrected chi connectivity index (χ0v) is 22.9. The molecule has 2 rings (SSSR count). The summed E-state index contributed by atoms with van der Waals surface area (Å²) in [5.74, 6) is -1.39. The highest BCUT2D eigenvalue weighted by atomic mass is 19.4. The molecular formula is C25H39F9O5. The molecule has 0 amide bonds. The number of aliphatic hydroxyl groups is 1. The van der Waals surface area contributed by atoms with Gasteiger partial charge in [-0.2, -0.15) is 39.5 Å². The van der Waals surface area contributed by atoms with Crippen LogP contribution in [0.15, 0.2) is 0 Å². The van der Waals surface area contributed by atoms with Gasteiger partial charge in [0.2, 0.25) is 0 Å². The number of methoxy groups -OCH3 is 1. The molecule has 0 aromatic heterocycles. The molecule has 4 unspecified atom stereocenters. The highest BCUT2D eigenvalue weighted by Crippen LogP contribution is 2.55. The van der Waals surface area contributed by atoms with E-state index < -0.39 is 54.5 Å². The number of hydrogen-bond donors (Lipinski definition) is 1. The first-order valence-corrected chi connectivity index (χ1v) is 12.6. The Kier molecular flexibility index (Phi) is 13.6. The van der Waals surface area contributed by atoms with Crippen molar-refractivity contribution >= 4 is 11.9 Å². The van der Waals surface area contributed by atoms with Crippen molar-refractivity contribution in [3.8, 4) is 0 Å². The topological polar surface area (TPSA) is 72.8 Å². The van der Waals surface area contributed by atoms with Gasteiger partial charge in [0.05, 0.1) is 18.4 Å². The average molecular weight is 591 g/mol. The number of rotatable bonds is 7. The van der Waals surface area contributed by atoms with Crippen LogP contribution in [0.2, 0.25) is 0 Å². The average Bonchev–Trinajstić information content (AvgIpc) is 3.43. The largest absolute Gasteiger partial charge is 0.469 e. The molecular weight excluding hydrogens is 551 g/mol. The number of fused-ring (bicyclic) bond motifs is 2. The van der Waals surface area contributed by atoms with Crippen LogP contribution in [0.25, 0.3) is 0 Å². The van der Waals surface area contributed by atoms with Gasteiger partial charge >= 0.3 is 30.5 Å². The van der Waals surface area contributed by atoms with Crippen LogP contribution >= 0.6 is 0 Å². The van der Waals surface area contributed by atoms with E-state index in [9.17, 15) is 49.1 Å². The van der Waals surface area contributed by atoms with Crippen LogP contribution in [-0.2, 0) is 19.1 Å². The van der Waals surface area contributed by atoms with Gasteiger partial charge in [0.15, 0.2) is 6.61 Å². The van der Waals surface area contributed by atoms with Crippen LogP contribution in [0.1, 0.15) is 79.6 Å². The molecule has 0 heterocycles. The van der Waals surface area contributed by atoms with Crippen LogP contribution in [0, 0.1) is 29.1 Å². The van der Waals surface area contributed by atoms with Crippen LogP contribution in [0.4, 0.5) is 39.5 Å². The van der Waals surface area contributed by atoms with Crippen molar-refractivity contribution in [1.29, 1.82) is 0 Å². The number of halogens is 9. The highest BCUT2D eigenvalue weighted by Gasteiger charge is 2.71. The van der Waals surface area contributed by atoms with E-state index in [1.54, 1.807) is 20.8 Å². The molecule has 0 saturated heterocycles.